The predicted octanol–water partition coefficient (Wildman–Crippen LogP) is 4.87. The second kappa shape index (κ2) is 6.91. The normalized spacial score (nSPS) is 11.8. The maximum atomic E-state index is 12.3. The lowest BCUT2D eigenvalue weighted by Crippen LogP contribution is -1.99. The number of halogens is 2. The Morgan fingerprint density at radius 2 is 1.88 bits per heavy atom. The highest BCUT2D eigenvalue weighted by Crippen LogP contribution is 2.52. The van der Waals surface area contributed by atoms with Crippen LogP contribution in [0.5, 0.6) is 0 Å². The molecular formula is C11H15BrClO3P. The third kappa shape index (κ3) is 4.38. The summed E-state index contributed by atoms with van der Waals surface area (Å²) in [5.41, 5.74) is 0.822. The molecule has 0 heterocycles. The highest BCUT2D eigenvalue weighted by molar-refractivity contribution is 9.10. The van der Waals surface area contributed by atoms with E-state index in [0.717, 1.165) is 10.0 Å². The van der Waals surface area contributed by atoms with E-state index in [1.54, 1.807) is 19.9 Å². The van der Waals surface area contributed by atoms with E-state index in [-0.39, 0.29) is 6.16 Å². The average molecular weight is 342 g/mol. The molecule has 6 heteroatoms. The molecule has 96 valence electrons. The highest BCUT2D eigenvalue weighted by Gasteiger charge is 2.25. The summed E-state index contributed by atoms with van der Waals surface area (Å²) < 4.78 is 23.6. The number of hydrogen-bond acceptors (Lipinski definition) is 3. The second-order valence-corrected chi connectivity index (χ2v) is 6.57. The Bertz CT molecular complexity index is 415. The van der Waals surface area contributed by atoms with E-state index in [2.05, 4.69) is 15.9 Å². The molecule has 0 aromatic heterocycles. The van der Waals surface area contributed by atoms with Crippen molar-refractivity contribution in [3.63, 3.8) is 0 Å². The van der Waals surface area contributed by atoms with Gasteiger partial charge in [-0.2, -0.15) is 0 Å². The van der Waals surface area contributed by atoms with E-state index in [9.17, 15) is 4.57 Å². The summed E-state index contributed by atoms with van der Waals surface area (Å²) in [6.07, 6.45) is 0.218. The average Bonchev–Trinajstić information content (AvgIpc) is 2.25. The van der Waals surface area contributed by atoms with Crippen molar-refractivity contribution in [1.82, 2.24) is 0 Å². The molecule has 0 spiro atoms. The summed E-state index contributed by atoms with van der Waals surface area (Å²) in [5.74, 6) is 0. The van der Waals surface area contributed by atoms with Gasteiger partial charge in [0.2, 0.25) is 0 Å². The molecule has 3 nitrogen and oxygen atoms in total. The summed E-state index contributed by atoms with van der Waals surface area (Å²) in [4.78, 5) is 0. The van der Waals surface area contributed by atoms with Gasteiger partial charge in [0.1, 0.15) is 0 Å². The maximum Gasteiger partial charge on any atom is 0.335 e. The van der Waals surface area contributed by atoms with Gasteiger partial charge in [-0.15, -0.1) is 0 Å². The summed E-state index contributed by atoms with van der Waals surface area (Å²) >= 11 is 9.35. The number of benzene rings is 1. The van der Waals surface area contributed by atoms with E-state index in [4.69, 9.17) is 20.6 Å². The molecule has 0 saturated heterocycles. The first kappa shape index (κ1) is 15.2. The molecule has 0 aliphatic carbocycles. The quantitative estimate of drug-likeness (QED) is 0.693. The van der Waals surface area contributed by atoms with Crippen LogP contribution in [0.25, 0.3) is 0 Å². The van der Waals surface area contributed by atoms with Gasteiger partial charge >= 0.3 is 7.60 Å². The Labute approximate surface area is 115 Å². The van der Waals surface area contributed by atoms with Crippen molar-refractivity contribution >= 4 is 35.1 Å². The fraction of sp³-hybridized carbons (Fsp3) is 0.455. The van der Waals surface area contributed by atoms with Crippen molar-refractivity contribution in [2.45, 2.75) is 20.0 Å². The first-order valence-corrected chi connectivity index (χ1v) is 8.23. The van der Waals surface area contributed by atoms with Crippen molar-refractivity contribution in [2.75, 3.05) is 13.2 Å². The van der Waals surface area contributed by atoms with Crippen LogP contribution in [-0.4, -0.2) is 13.2 Å². The molecule has 0 atom stereocenters. The Hall–Kier alpha value is 0.140. The Morgan fingerprint density at radius 1 is 1.29 bits per heavy atom. The molecule has 17 heavy (non-hydrogen) atoms. The SMILES string of the molecule is CCOP(=O)(Cc1cccc(Cl)c1Br)OCC. The molecule has 0 aliphatic rings. The third-order valence-electron chi connectivity index (χ3n) is 2.05. The van der Waals surface area contributed by atoms with Gasteiger partial charge in [-0.1, -0.05) is 23.7 Å². The molecule has 0 radical (unpaired) electrons. The monoisotopic (exact) mass is 340 g/mol. The first-order valence-electron chi connectivity index (χ1n) is 5.33. The van der Waals surface area contributed by atoms with Crippen LogP contribution < -0.4 is 0 Å². The molecule has 0 aliphatic heterocycles. The minimum atomic E-state index is -3.08. The largest absolute Gasteiger partial charge is 0.335 e. The van der Waals surface area contributed by atoms with E-state index < -0.39 is 7.60 Å². The van der Waals surface area contributed by atoms with Gasteiger partial charge in [0.25, 0.3) is 0 Å². The van der Waals surface area contributed by atoms with Crippen LogP contribution in [0.15, 0.2) is 22.7 Å². The van der Waals surface area contributed by atoms with Gasteiger partial charge in [0.05, 0.1) is 24.4 Å². The molecule has 0 saturated carbocycles. The van der Waals surface area contributed by atoms with Crippen molar-refractivity contribution in [3.8, 4) is 0 Å². The van der Waals surface area contributed by atoms with E-state index in [1.807, 2.05) is 12.1 Å². The van der Waals surface area contributed by atoms with Crippen LogP contribution in [0.3, 0.4) is 0 Å². The van der Waals surface area contributed by atoms with Crippen molar-refractivity contribution < 1.29 is 13.6 Å². The van der Waals surface area contributed by atoms with Crippen molar-refractivity contribution in [3.05, 3.63) is 33.3 Å². The number of hydrogen-bond donors (Lipinski definition) is 0. The third-order valence-corrected chi connectivity index (χ3v) is 5.56. The first-order chi connectivity index (χ1) is 8.02. The lowest BCUT2D eigenvalue weighted by Gasteiger charge is -2.17. The summed E-state index contributed by atoms with van der Waals surface area (Å²) in [6, 6.07) is 5.42. The second-order valence-electron chi connectivity index (χ2n) is 3.32. The fourth-order valence-electron chi connectivity index (χ4n) is 1.40. The molecule has 0 bridgehead atoms. The molecule has 1 rings (SSSR count). The van der Waals surface area contributed by atoms with Gasteiger partial charge < -0.3 is 9.05 Å². The zero-order valence-electron chi connectivity index (χ0n) is 9.78. The standard InChI is InChI=1S/C11H15BrClO3P/c1-3-15-17(14,16-4-2)8-9-6-5-7-10(13)11(9)12/h5-7H,3-4,8H2,1-2H3. The smallest absolute Gasteiger partial charge is 0.309 e. The van der Waals surface area contributed by atoms with Crippen LogP contribution in [0, 0.1) is 0 Å². The van der Waals surface area contributed by atoms with Crippen LogP contribution in [0.1, 0.15) is 19.4 Å². The van der Waals surface area contributed by atoms with Crippen LogP contribution in [0.2, 0.25) is 5.02 Å². The minimum absolute atomic E-state index is 0.218. The van der Waals surface area contributed by atoms with Crippen molar-refractivity contribution in [2.24, 2.45) is 0 Å². The van der Waals surface area contributed by atoms with E-state index >= 15 is 0 Å². The lowest BCUT2D eigenvalue weighted by atomic mass is 10.2. The van der Waals surface area contributed by atoms with E-state index in [0.29, 0.717) is 18.2 Å². The Morgan fingerprint density at radius 3 is 2.41 bits per heavy atom. The predicted molar refractivity (Wildman–Crippen MR) is 73.7 cm³/mol. The van der Waals surface area contributed by atoms with Crippen LogP contribution >= 0.6 is 35.1 Å². The lowest BCUT2D eigenvalue weighted by molar-refractivity contribution is 0.219. The summed E-state index contributed by atoms with van der Waals surface area (Å²) in [5, 5.41) is 0.585. The highest BCUT2D eigenvalue weighted by atomic mass is 79.9. The van der Waals surface area contributed by atoms with Gasteiger partial charge in [0.15, 0.2) is 0 Å². The topological polar surface area (TPSA) is 35.5 Å². The summed E-state index contributed by atoms with van der Waals surface area (Å²) in [7, 11) is -3.08. The molecule has 0 N–H and O–H groups in total. The number of rotatable bonds is 6. The van der Waals surface area contributed by atoms with Gasteiger partial charge in [-0.05, 0) is 41.4 Å². The zero-order chi connectivity index (χ0) is 12.9. The van der Waals surface area contributed by atoms with Gasteiger partial charge in [-0.25, -0.2) is 0 Å². The zero-order valence-corrected chi connectivity index (χ0v) is 13.0. The van der Waals surface area contributed by atoms with E-state index in [1.165, 1.54) is 0 Å². The fourth-order valence-corrected chi connectivity index (χ4v) is 3.94. The minimum Gasteiger partial charge on any atom is -0.309 e. The Balaban J connectivity index is 2.93. The van der Waals surface area contributed by atoms with Crippen LogP contribution in [-0.2, 0) is 19.8 Å². The summed E-state index contributed by atoms with van der Waals surface area (Å²) in [6.45, 7) is 4.29. The Kier molecular flexibility index (Phi) is 6.18. The van der Waals surface area contributed by atoms with Crippen molar-refractivity contribution in [1.29, 1.82) is 0 Å². The molecular weight excluding hydrogens is 326 g/mol. The van der Waals surface area contributed by atoms with Gasteiger partial charge in [0, 0.05) is 4.47 Å². The molecule has 1 aromatic rings. The van der Waals surface area contributed by atoms with Crippen LogP contribution in [0.4, 0.5) is 0 Å². The molecule has 0 fully saturated rings. The molecule has 1 aromatic carbocycles. The molecule has 0 amide bonds. The molecule has 0 unspecified atom stereocenters. The van der Waals surface area contributed by atoms with Gasteiger partial charge in [-0.3, -0.25) is 4.57 Å². The maximum absolute atomic E-state index is 12.3.